The van der Waals surface area contributed by atoms with Crippen LogP contribution in [0.4, 0.5) is 16.2 Å². The Hall–Kier alpha value is -3.80. The number of fused-ring (bicyclic) bond motifs is 1. The third-order valence-corrected chi connectivity index (χ3v) is 4.11. The van der Waals surface area contributed by atoms with Crippen LogP contribution in [0.2, 0.25) is 0 Å². The predicted molar refractivity (Wildman–Crippen MR) is 104 cm³/mol. The van der Waals surface area contributed by atoms with E-state index < -0.39 is 6.03 Å². The van der Waals surface area contributed by atoms with Gasteiger partial charge in [-0.15, -0.1) is 0 Å². The number of aliphatic imine (C=N–C) groups is 1. The van der Waals surface area contributed by atoms with E-state index in [-0.39, 0.29) is 5.75 Å². The number of aromatic amines is 1. The largest absolute Gasteiger partial charge is 0.508 e. The molecule has 0 bridgehead atoms. The molecule has 26 heavy (non-hydrogen) atoms. The van der Waals surface area contributed by atoms with Crippen molar-refractivity contribution in [1.29, 1.82) is 0 Å². The summed E-state index contributed by atoms with van der Waals surface area (Å²) in [6.45, 7) is 0. The number of benzene rings is 2. The lowest BCUT2D eigenvalue weighted by atomic mass is 10.0. The van der Waals surface area contributed by atoms with E-state index in [2.05, 4.69) is 15.3 Å². The van der Waals surface area contributed by atoms with Crippen LogP contribution in [0.25, 0.3) is 22.8 Å². The molecule has 0 spiro atoms. The summed E-state index contributed by atoms with van der Waals surface area (Å²) in [7, 11) is 0. The summed E-state index contributed by atoms with van der Waals surface area (Å²) in [4.78, 5) is 18.7. The van der Waals surface area contributed by atoms with Gasteiger partial charge >= 0.3 is 6.03 Å². The van der Waals surface area contributed by atoms with E-state index in [0.29, 0.717) is 5.69 Å². The third-order valence-electron chi connectivity index (χ3n) is 4.11. The van der Waals surface area contributed by atoms with Crippen LogP contribution in [0.3, 0.4) is 0 Å². The summed E-state index contributed by atoms with van der Waals surface area (Å²) in [6, 6.07) is 13.9. The number of primary amides is 1. The maximum atomic E-state index is 11.0. The minimum atomic E-state index is -0.602. The number of aromatic hydroxyl groups is 1. The van der Waals surface area contributed by atoms with Crippen LogP contribution in [0.15, 0.2) is 59.7 Å². The number of urea groups is 1. The quantitative estimate of drug-likeness (QED) is 0.574. The molecule has 2 aromatic carbocycles. The lowest BCUT2D eigenvalue weighted by Gasteiger charge is -2.05. The number of anilines is 1. The smallest absolute Gasteiger partial charge is 0.316 e. The number of amides is 2. The van der Waals surface area contributed by atoms with Gasteiger partial charge in [-0.05, 0) is 53.6 Å². The van der Waals surface area contributed by atoms with Crippen molar-refractivity contribution in [2.45, 2.75) is 0 Å². The van der Waals surface area contributed by atoms with Crippen LogP contribution in [-0.2, 0) is 0 Å². The highest BCUT2D eigenvalue weighted by Crippen LogP contribution is 2.35. The standard InChI is InChI=1S/C20H16N4O2/c21-20(26)24-15-4-5-19-18(9-15)14(11-23-19)7-16-6-13(10-22-16)12-2-1-3-17(25)8-12/h1-11,22,25H,(H3,21,24,26). The van der Waals surface area contributed by atoms with Crippen LogP contribution < -0.4 is 11.1 Å². The second kappa shape index (κ2) is 6.25. The number of allylic oxidation sites excluding steroid dienone is 1. The maximum absolute atomic E-state index is 11.0. The van der Waals surface area contributed by atoms with E-state index in [4.69, 9.17) is 5.73 Å². The average molecular weight is 344 g/mol. The topological polar surface area (TPSA) is 104 Å². The van der Waals surface area contributed by atoms with Gasteiger partial charge in [-0.1, -0.05) is 12.1 Å². The van der Waals surface area contributed by atoms with Gasteiger partial charge in [0.25, 0.3) is 0 Å². The van der Waals surface area contributed by atoms with Crippen molar-refractivity contribution < 1.29 is 9.90 Å². The zero-order valence-corrected chi connectivity index (χ0v) is 13.7. The predicted octanol–water partition coefficient (Wildman–Crippen LogP) is 4.13. The highest BCUT2D eigenvalue weighted by Gasteiger charge is 2.14. The van der Waals surface area contributed by atoms with Gasteiger partial charge in [-0.3, -0.25) is 4.99 Å². The summed E-state index contributed by atoms with van der Waals surface area (Å²) in [6.07, 6.45) is 5.66. The van der Waals surface area contributed by atoms with Gasteiger partial charge in [0.1, 0.15) is 5.75 Å². The molecule has 1 aliphatic heterocycles. The molecule has 1 aromatic heterocycles. The van der Waals surface area contributed by atoms with Gasteiger partial charge in [0.05, 0.1) is 5.69 Å². The maximum Gasteiger partial charge on any atom is 0.316 e. The second-order valence-electron chi connectivity index (χ2n) is 5.97. The number of carbonyl (C=O) groups is 1. The summed E-state index contributed by atoms with van der Waals surface area (Å²) in [5.41, 5.74) is 11.3. The molecule has 0 atom stereocenters. The van der Waals surface area contributed by atoms with Crippen molar-refractivity contribution in [3.8, 4) is 16.9 Å². The molecular weight excluding hydrogens is 328 g/mol. The summed E-state index contributed by atoms with van der Waals surface area (Å²) < 4.78 is 0. The van der Waals surface area contributed by atoms with Crippen LogP contribution in [0.1, 0.15) is 11.3 Å². The molecule has 0 unspecified atom stereocenters. The van der Waals surface area contributed by atoms with E-state index >= 15 is 0 Å². The van der Waals surface area contributed by atoms with Gasteiger partial charge in [0, 0.05) is 34.9 Å². The van der Waals surface area contributed by atoms with Crippen LogP contribution in [0.5, 0.6) is 5.75 Å². The summed E-state index contributed by atoms with van der Waals surface area (Å²) >= 11 is 0. The van der Waals surface area contributed by atoms with Crippen molar-refractivity contribution >= 4 is 35.3 Å². The van der Waals surface area contributed by atoms with Crippen LogP contribution in [0, 0.1) is 0 Å². The number of phenols is 1. The number of phenolic OH excluding ortho intramolecular Hbond substituents is 1. The Labute approximate surface area is 149 Å². The molecule has 0 fully saturated rings. The Kier molecular flexibility index (Phi) is 3.78. The lowest BCUT2D eigenvalue weighted by molar-refractivity contribution is 0.259. The second-order valence-corrected chi connectivity index (χ2v) is 5.97. The molecule has 2 amide bonds. The van der Waals surface area contributed by atoms with E-state index in [9.17, 15) is 9.90 Å². The van der Waals surface area contributed by atoms with Gasteiger partial charge < -0.3 is 21.1 Å². The first-order chi connectivity index (χ1) is 12.6. The van der Waals surface area contributed by atoms with Gasteiger partial charge in [0.15, 0.2) is 0 Å². The molecule has 0 saturated heterocycles. The minimum absolute atomic E-state index is 0.231. The fraction of sp³-hybridized carbons (Fsp3) is 0. The molecule has 2 heterocycles. The summed E-state index contributed by atoms with van der Waals surface area (Å²) in [5, 5.41) is 12.2. The monoisotopic (exact) mass is 344 g/mol. The molecule has 4 rings (SSSR count). The number of nitrogens with one attached hydrogen (secondary N) is 2. The van der Waals surface area contributed by atoms with Crippen molar-refractivity contribution in [2.24, 2.45) is 10.7 Å². The normalized spacial score (nSPS) is 13.8. The van der Waals surface area contributed by atoms with Crippen molar-refractivity contribution in [3.05, 3.63) is 66.0 Å². The van der Waals surface area contributed by atoms with Gasteiger partial charge in [-0.25, -0.2) is 4.79 Å². The highest BCUT2D eigenvalue weighted by atomic mass is 16.3. The number of carbonyl (C=O) groups excluding carboxylic acids is 1. The Balaban J connectivity index is 1.65. The van der Waals surface area contributed by atoms with Crippen LogP contribution >= 0.6 is 0 Å². The van der Waals surface area contributed by atoms with Crippen molar-refractivity contribution in [2.75, 3.05) is 5.32 Å². The zero-order chi connectivity index (χ0) is 18.1. The number of aromatic nitrogens is 1. The Bertz CT molecular complexity index is 1060. The Morgan fingerprint density at radius 2 is 2.04 bits per heavy atom. The average Bonchev–Trinajstić information content (AvgIpc) is 3.22. The first kappa shape index (κ1) is 15.7. The number of hydrogen-bond acceptors (Lipinski definition) is 3. The first-order valence-electron chi connectivity index (χ1n) is 8.03. The molecule has 6 heteroatoms. The van der Waals surface area contributed by atoms with E-state index in [1.54, 1.807) is 24.4 Å². The number of H-pyrrole nitrogens is 1. The zero-order valence-electron chi connectivity index (χ0n) is 13.7. The van der Waals surface area contributed by atoms with E-state index in [1.165, 1.54) is 0 Å². The minimum Gasteiger partial charge on any atom is -0.508 e. The van der Waals surface area contributed by atoms with E-state index in [0.717, 1.165) is 33.6 Å². The van der Waals surface area contributed by atoms with Crippen LogP contribution in [-0.4, -0.2) is 22.3 Å². The number of hydrogen-bond donors (Lipinski definition) is 4. The molecule has 1 aliphatic rings. The Morgan fingerprint density at radius 3 is 2.85 bits per heavy atom. The van der Waals surface area contributed by atoms with E-state index in [1.807, 2.05) is 42.6 Å². The fourth-order valence-corrected chi connectivity index (χ4v) is 2.94. The molecule has 0 aliphatic carbocycles. The molecular formula is C20H16N4O2. The number of rotatable bonds is 3. The van der Waals surface area contributed by atoms with Crippen molar-refractivity contribution in [1.82, 2.24) is 4.98 Å². The molecule has 0 saturated carbocycles. The highest BCUT2D eigenvalue weighted by molar-refractivity contribution is 6.21. The van der Waals surface area contributed by atoms with Gasteiger partial charge in [0.2, 0.25) is 0 Å². The molecule has 0 radical (unpaired) electrons. The lowest BCUT2D eigenvalue weighted by Crippen LogP contribution is -2.19. The third kappa shape index (κ3) is 3.08. The SMILES string of the molecule is NC(=O)Nc1ccc2c(c1)C(=Cc1cc(-c3cccc(O)c3)c[nH]1)C=N2. The number of nitrogens with zero attached hydrogens (tertiary/aromatic N) is 1. The summed E-state index contributed by atoms with van der Waals surface area (Å²) in [5.74, 6) is 0.231. The fourth-order valence-electron chi connectivity index (χ4n) is 2.94. The number of nitrogens with two attached hydrogens (primary N) is 1. The first-order valence-corrected chi connectivity index (χ1v) is 8.03. The molecule has 6 nitrogen and oxygen atoms in total. The molecule has 3 aromatic rings. The molecule has 5 N–H and O–H groups in total. The van der Waals surface area contributed by atoms with Gasteiger partial charge in [-0.2, -0.15) is 0 Å². The molecule has 128 valence electrons. The van der Waals surface area contributed by atoms with Crippen molar-refractivity contribution in [3.63, 3.8) is 0 Å². The Morgan fingerprint density at radius 1 is 1.15 bits per heavy atom.